The van der Waals surface area contributed by atoms with Gasteiger partial charge in [-0.25, -0.2) is 0 Å². The highest BCUT2D eigenvalue weighted by Crippen LogP contribution is 2.27. The molecule has 0 atom stereocenters. The van der Waals surface area contributed by atoms with Gasteiger partial charge in [-0.3, -0.25) is 0 Å². The third kappa shape index (κ3) is 5.28. The molecule has 4 N–H and O–H groups in total. The predicted molar refractivity (Wildman–Crippen MR) is 111 cm³/mol. The quantitative estimate of drug-likeness (QED) is 0.312. The number of benzene rings is 4. The molecule has 0 aliphatic carbocycles. The topological polar surface area (TPSA) is 80.9 Å². The molecule has 0 aliphatic heterocycles. The molecule has 0 saturated carbocycles. The Balaban J connectivity index is 0.000000170. The van der Waals surface area contributed by atoms with Crippen molar-refractivity contribution in [1.82, 2.24) is 0 Å². The summed E-state index contributed by atoms with van der Waals surface area (Å²) < 4.78 is 0. The van der Waals surface area contributed by atoms with Crippen LogP contribution in [0.3, 0.4) is 0 Å². The average Bonchev–Trinajstić information content (AvgIpc) is 2.63. The van der Waals surface area contributed by atoms with Crippen molar-refractivity contribution in [2.45, 2.75) is 20.3 Å². The zero-order valence-electron chi connectivity index (χ0n) is 15.4. The largest absolute Gasteiger partial charge is 0.508 e. The van der Waals surface area contributed by atoms with E-state index in [0.29, 0.717) is 0 Å². The summed E-state index contributed by atoms with van der Waals surface area (Å²) >= 11 is 0. The number of fused-ring (bicyclic) bond motifs is 2. The molecule has 0 aliphatic rings. The molecule has 4 heteroatoms. The molecule has 4 aromatic rings. The lowest BCUT2D eigenvalue weighted by atomic mass is 10.1. The van der Waals surface area contributed by atoms with E-state index in [2.05, 4.69) is 13.8 Å². The van der Waals surface area contributed by atoms with Crippen molar-refractivity contribution in [2.24, 2.45) is 0 Å². The maximum absolute atomic E-state index is 9.38. The Hall–Kier alpha value is -3.40. The molecular weight excluding hydrogens is 340 g/mol. The number of rotatable bonds is 0. The minimum atomic E-state index is 0.216. The van der Waals surface area contributed by atoms with Crippen molar-refractivity contribution in [3.63, 3.8) is 0 Å². The number of aromatic hydroxyl groups is 4. The maximum atomic E-state index is 9.38. The van der Waals surface area contributed by atoms with Crippen LogP contribution >= 0.6 is 0 Å². The summed E-state index contributed by atoms with van der Waals surface area (Å²) in [5.74, 6) is 0.918. The monoisotopic (exact) mass is 364 g/mol. The van der Waals surface area contributed by atoms with Crippen LogP contribution in [0, 0.1) is 0 Å². The first-order valence-electron chi connectivity index (χ1n) is 8.77. The summed E-state index contributed by atoms with van der Waals surface area (Å²) in [6.07, 6.45) is 1.25. The van der Waals surface area contributed by atoms with Gasteiger partial charge in [0.1, 0.15) is 23.0 Å². The molecule has 27 heavy (non-hydrogen) atoms. The van der Waals surface area contributed by atoms with Gasteiger partial charge in [-0.15, -0.1) is 0 Å². The predicted octanol–water partition coefficient (Wildman–Crippen LogP) is 5.92. The van der Waals surface area contributed by atoms with Crippen molar-refractivity contribution in [3.05, 3.63) is 72.8 Å². The Bertz CT molecular complexity index is 942. The van der Waals surface area contributed by atoms with E-state index in [0.717, 1.165) is 21.5 Å². The van der Waals surface area contributed by atoms with Gasteiger partial charge in [0.2, 0.25) is 0 Å². The zero-order valence-corrected chi connectivity index (χ0v) is 15.4. The first-order valence-corrected chi connectivity index (χ1v) is 8.77. The highest BCUT2D eigenvalue weighted by molar-refractivity contribution is 5.89. The van der Waals surface area contributed by atoms with Crippen LogP contribution in [0.25, 0.3) is 21.5 Å². The Labute approximate surface area is 158 Å². The number of hydrogen-bond donors (Lipinski definition) is 4. The Morgan fingerprint density at radius 2 is 0.926 bits per heavy atom. The number of phenolic OH excluding ortho intramolecular Hbond substituents is 4. The molecular formula is C23H24O4. The normalized spacial score (nSPS) is 9.85. The van der Waals surface area contributed by atoms with E-state index in [1.54, 1.807) is 60.7 Å². The van der Waals surface area contributed by atoms with Gasteiger partial charge in [-0.1, -0.05) is 44.5 Å². The molecule has 0 heterocycles. The molecule has 0 amide bonds. The fraction of sp³-hybridized carbons (Fsp3) is 0.130. The van der Waals surface area contributed by atoms with Gasteiger partial charge >= 0.3 is 0 Å². The van der Waals surface area contributed by atoms with E-state index in [1.165, 1.54) is 6.42 Å². The van der Waals surface area contributed by atoms with Gasteiger partial charge in [0.25, 0.3) is 0 Å². The third-order valence-corrected chi connectivity index (χ3v) is 3.68. The SMILES string of the molecule is CCC.Oc1ccc2c(O)cccc2c1.Oc1ccc2c(O)cccc2c1. The summed E-state index contributed by atoms with van der Waals surface area (Å²) in [4.78, 5) is 0. The van der Waals surface area contributed by atoms with Crippen LogP contribution in [0.4, 0.5) is 0 Å². The minimum Gasteiger partial charge on any atom is -0.508 e. The highest BCUT2D eigenvalue weighted by atomic mass is 16.3. The summed E-state index contributed by atoms with van der Waals surface area (Å²) in [6, 6.07) is 20.2. The second kappa shape index (κ2) is 9.34. The number of phenols is 4. The first kappa shape index (κ1) is 19.9. The van der Waals surface area contributed by atoms with E-state index in [-0.39, 0.29) is 23.0 Å². The van der Waals surface area contributed by atoms with E-state index in [9.17, 15) is 10.2 Å². The van der Waals surface area contributed by atoms with Gasteiger partial charge in [0, 0.05) is 10.8 Å². The van der Waals surface area contributed by atoms with Crippen molar-refractivity contribution >= 4 is 21.5 Å². The Kier molecular flexibility index (Phi) is 6.89. The van der Waals surface area contributed by atoms with Crippen LogP contribution in [0.2, 0.25) is 0 Å². The molecule has 0 bridgehead atoms. The molecule has 0 unspecified atom stereocenters. The fourth-order valence-electron chi connectivity index (χ4n) is 2.51. The fourth-order valence-corrected chi connectivity index (χ4v) is 2.51. The Morgan fingerprint density at radius 3 is 1.30 bits per heavy atom. The highest BCUT2D eigenvalue weighted by Gasteiger charge is 1.99. The van der Waals surface area contributed by atoms with Crippen LogP contribution in [-0.4, -0.2) is 20.4 Å². The molecule has 0 saturated heterocycles. The summed E-state index contributed by atoms with van der Waals surface area (Å²) in [6.45, 7) is 4.25. The van der Waals surface area contributed by atoms with E-state index >= 15 is 0 Å². The average molecular weight is 364 g/mol. The van der Waals surface area contributed by atoms with Gasteiger partial charge in [0.05, 0.1) is 0 Å². The Morgan fingerprint density at radius 1 is 0.556 bits per heavy atom. The van der Waals surface area contributed by atoms with Gasteiger partial charge < -0.3 is 20.4 Å². The van der Waals surface area contributed by atoms with Crippen LogP contribution in [0.5, 0.6) is 23.0 Å². The molecule has 140 valence electrons. The molecule has 4 nitrogen and oxygen atoms in total. The molecule has 0 spiro atoms. The lowest BCUT2D eigenvalue weighted by Crippen LogP contribution is -1.72. The van der Waals surface area contributed by atoms with Gasteiger partial charge in [-0.05, 0) is 59.3 Å². The lowest BCUT2D eigenvalue weighted by molar-refractivity contribution is 0.474. The van der Waals surface area contributed by atoms with E-state index < -0.39 is 0 Å². The van der Waals surface area contributed by atoms with E-state index in [1.807, 2.05) is 12.1 Å². The smallest absolute Gasteiger partial charge is 0.123 e. The van der Waals surface area contributed by atoms with Crippen molar-refractivity contribution < 1.29 is 20.4 Å². The molecule has 0 radical (unpaired) electrons. The van der Waals surface area contributed by atoms with Crippen molar-refractivity contribution in [2.75, 3.05) is 0 Å². The molecule has 4 rings (SSSR count). The third-order valence-electron chi connectivity index (χ3n) is 3.68. The van der Waals surface area contributed by atoms with Gasteiger partial charge in [-0.2, -0.15) is 0 Å². The number of hydrogen-bond acceptors (Lipinski definition) is 4. The van der Waals surface area contributed by atoms with E-state index in [4.69, 9.17) is 10.2 Å². The van der Waals surface area contributed by atoms with Crippen LogP contribution in [0.15, 0.2) is 72.8 Å². The summed E-state index contributed by atoms with van der Waals surface area (Å²) in [5.41, 5.74) is 0. The first-order chi connectivity index (χ1) is 13.0. The standard InChI is InChI=1S/2C10H8O2.C3H8/c2*11-8-4-5-9-7(6-8)2-1-3-10(9)12;1-3-2/h2*1-6,11-12H;3H2,1-2H3. The van der Waals surface area contributed by atoms with Crippen LogP contribution < -0.4 is 0 Å². The van der Waals surface area contributed by atoms with Gasteiger partial charge in [0.15, 0.2) is 0 Å². The van der Waals surface area contributed by atoms with Crippen LogP contribution in [-0.2, 0) is 0 Å². The summed E-state index contributed by atoms with van der Waals surface area (Å²) in [5, 5.41) is 40.2. The maximum Gasteiger partial charge on any atom is 0.123 e. The molecule has 4 aromatic carbocycles. The summed E-state index contributed by atoms with van der Waals surface area (Å²) in [7, 11) is 0. The van der Waals surface area contributed by atoms with Crippen LogP contribution in [0.1, 0.15) is 20.3 Å². The zero-order chi connectivity index (χ0) is 19.8. The van der Waals surface area contributed by atoms with Crippen molar-refractivity contribution in [3.8, 4) is 23.0 Å². The second-order valence-electron chi connectivity index (χ2n) is 6.07. The lowest BCUT2D eigenvalue weighted by Gasteiger charge is -1.99. The minimum absolute atomic E-state index is 0.216. The molecule has 0 fully saturated rings. The molecule has 0 aromatic heterocycles. The second-order valence-corrected chi connectivity index (χ2v) is 6.07. The van der Waals surface area contributed by atoms with Crippen molar-refractivity contribution in [1.29, 1.82) is 0 Å².